The van der Waals surface area contributed by atoms with Crippen molar-refractivity contribution in [2.75, 3.05) is 19.8 Å². The van der Waals surface area contributed by atoms with E-state index in [0.29, 0.717) is 24.4 Å². The summed E-state index contributed by atoms with van der Waals surface area (Å²) in [4.78, 5) is 14.3. The van der Waals surface area contributed by atoms with Crippen LogP contribution in [-0.4, -0.2) is 45.1 Å². The number of rotatable bonds is 6. The Hall–Kier alpha value is -1.40. The third-order valence-electron chi connectivity index (χ3n) is 3.87. The molecule has 0 heterocycles. The fraction of sp³-hybridized carbons (Fsp3) is 0.562. The fourth-order valence-corrected chi connectivity index (χ4v) is 2.69. The number of carbonyl (C=O) groups excluding carboxylic acids is 1. The number of nitrogens with zero attached hydrogens (tertiary/aromatic N) is 1. The molecule has 1 aromatic carbocycles. The molecule has 22 heavy (non-hydrogen) atoms. The second-order valence-corrected chi connectivity index (χ2v) is 8.19. The van der Waals surface area contributed by atoms with Crippen molar-refractivity contribution in [1.29, 1.82) is 0 Å². The van der Waals surface area contributed by atoms with Crippen LogP contribution >= 0.6 is 0 Å². The van der Waals surface area contributed by atoms with Crippen LogP contribution in [0.1, 0.15) is 36.2 Å². The lowest BCUT2D eigenvalue weighted by atomic mass is 10.0. The molecule has 0 saturated heterocycles. The molecule has 124 valence electrons. The van der Waals surface area contributed by atoms with Gasteiger partial charge < -0.3 is 10.6 Å². The van der Waals surface area contributed by atoms with E-state index in [1.807, 2.05) is 13.8 Å². The van der Waals surface area contributed by atoms with Crippen LogP contribution in [0.5, 0.6) is 0 Å². The standard InChI is InChI=1S/C16H26N2O3S/c1-11(2)15(17)8-9-18(4)16(19)14-10-13(22(5,20)21)7-6-12(14)3/h6-7,10-11,15H,8-9,17H2,1-5H3. The predicted molar refractivity (Wildman–Crippen MR) is 88.7 cm³/mol. The molecule has 1 unspecified atom stereocenters. The van der Waals surface area contributed by atoms with Crippen LogP contribution in [0.3, 0.4) is 0 Å². The predicted octanol–water partition coefficient (Wildman–Crippen LogP) is 1.84. The number of carbonyl (C=O) groups is 1. The van der Waals surface area contributed by atoms with Gasteiger partial charge in [0.05, 0.1) is 4.90 Å². The molecule has 0 saturated carbocycles. The minimum atomic E-state index is -3.33. The number of benzene rings is 1. The highest BCUT2D eigenvalue weighted by atomic mass is 32.2. The molecule has 5 nitrogen and oxygen atoms in total. The highest BCUT2D eigenvalue weighted by Gasteiger charge is 2.18. The molecule has 2 N–H and O–H groups in total. The lowest BCUT2D eigenvalue weighted by molar-refractivity contribution is 0.0788. The van der Waals surface area contributed by atoms with Crippen molar-refractivity contribution in [1.82, 2.24) is 4.90 Å². The van der Waals surface area contributed by atoms with E-state index < -0.39 is 9.84 Å². The largest absolute Gasteiger partial charge is 0.342 e. The first-order chi connectivity index (χ1) is 10.0. The average Bonchev–Trinajstić information content (AvgIpc) is 2.42. The van der Waals surface area contributed by atoms with E-state index in [1.54, 1.807) is 24.9 Å². The van der Waals surface area contributed by atoms with Gasteiger partial charge in [0.15, 0.2) is 9.84 Å². The Bertz CT molecular complexity index is 639. The molecule has 0 bridgehead atoms. The number of sulfone groups is 1. The molecule has 0 fully saturated rings. The van der Waals surface area contributed by atoms with Crippen LogP contribution < -0.4 is 5.73 Å². The normalized spacial score (nSPS) is 13.2. The summed E-state index contributed by atoms with van der Waals surface area (Å²) in [5.41, 5.74) is 7.18. The van der Waals surface area contributed by atoms with Crippen molar-refractivity contribution >= 4 is 15.7 Å². The zero-order chi connectivity index (χ0) is 17.1. The summed E-state index contributed by atoms with van der Waals surface area (Å²) in [5.74, 6) is 0.178. The van der Waals surface area contributed by atoms with Crippen LogP contribution in [-0.2, 0) is 9.84 Å². The molecular formula is C16H26N2O3S. The van der Waals surface area contributed by atoms with Gasteiger partial charge in [-0.3, -0.25) is 4.79 Å². The Kier molecular flexibility index (Phi) is 6.14. The first kappa shape index (κ1) is 18.6. The Morgan fingerprint density at radius 1 is 1.32 bits per heavy atom. The van der Waals surface area contributed by atoms with E-state index in [2.05, 4.69) is 0 Å². The SMILES string of the molecule is Cc1ccc(S(C)(=O)=O)cc1C(=O)N(C)CCC(N)C(C)C. The van der Waals surface area contributed by atoms with Gasteiger partial charge in [-0.05, 0) is 37.0 Å². The molecule has 0 aromatic heterocycles. The average molecular weight is 326 g/mol. The Morgan fingerprint density at radius 3 is 2.41 bits per heavy atom. The molecule has 1 atom stereocenters. The topological polar surface area (TPSA) is 80.5 Å². The number of amides is 1. The fourth-order valence-electron chi connectivity index (χ4n) is 2.05. The first-order valence-electron chi connectivity index (χ1n) is 7.35. The molecule has 1 rings (SSSR count). The van der Waals surface area contributed by atoms with Crippen LogP contribution in [0.25, 0.3) is 0 Å². The second-order valence-electron chi connectivity index (χ2n) is 6.17. The molecule has 1 amide bonds. The van der Waals surface area contributed by atoms with E-state index >= 15 is 0 Å². The molecule has 0 aliphatic heterocycles. The zero-order valence-corrected chi connectivity index (χ0v) is 14.8. The molecule has 1 aromatic rings. The Morgan fingerprint density at radius 2 is 1.91 bits per heavy atom. The van der Waals surface area contributed by atoms with Gasteiger partial charge in [-0.15, -0.1) is 0 Å². The lowest BCUT2D eigenvalue weighted by Crippen LogP contribution is -2.35. The number of hydrogen-bond donors (Lipinski definition) is 1. The Labute approximate surface area is 133 Å². The van der Waals surface area contributed by atoms with Gasteiger partial charge in [0, 0.05) is 31.5 Å². The maximum Gasteiger partial charge on any atom is 0.253 e. The molecule has 0 aliphatic rings. The van der Waals surface area contributed by atoms with Crippen LogP contribution in [0, 0.1) is 12.8 Å². The number of nitrogens with two attached hydrogens (primary N) is 1. The minimum absolute atomic E-state index is 0.0405. The molecule has 0 radical (unpaired) electrons. The van der Waals surface area contributed by atoms with Gasteiger partial charge in [0.1, 0.15) is 0 Å². The number of hydrogen-bond acceptors (Lipinski definition) is 4. The lowest BCUT2D eigenvalue weighted by Gasteiger charge is -2.22. The smallest absolute Gasteiger partial charge is 0.253 e. The van der Waals surface area contributed by atoms with Crippen molar-refractivity contribution in [2.45, 2.75) is 38.1 Å². The molecule has 0 aliphatic carbocycles. The summed E-state index contributed by atoms with van der Waals surface area (Å²) in [5, 5.41) is 0. The van der Waals surface area contributed by atoms with Gasteiger partial charge in [0.2, 0.25) is 0 Å². The van der Waals surface area contributed by atoms with E-state index in [4.69, 9.17) is 5.73 Å². The maximum atomic E-state index is 12.5. The summed E-state index contributed by atoms with van der Waals surface area (Å²) < 4.78 is 23.3. The van der Waals surface area contributed by atoms with Crippen molar-refractivity contribution in [3.05, 3.63) is 29.3 Å². The summed E-state index contributed by atoms with van der Waals surface area (Å²) in [7, 11) is -1.62. The maximum absolute atomic E-state index is 12.5. The van der Waals surface area contributed by atoms with Gasteiger partial charge >= 0.3 is 0 Å². The third-order valence-corrected chi connectivity index (χ3v) is 4.98. The summed E-state index contributed by atoms with van der Waals surface area (Å²) in [6, 6.07) is 4.68. The quantitative estimate of drug-likeness (QED) is 0.865. The zero-order valence-electron chi connectivity index (χ0n) is 14.0. The van der Waals surface area contributed by atoms with Crippen molar-refractivity contribution in [3.8, 4) is 0 Å². The van der Waals surface area contributed by atoms with Crippen molar-refractivity contribution in [2.24, 2.45) is 11.7 Å². The van der Waals surface area contributed by atoms with E-state index in [9.17, 15) is 13.2 Å². The Balaban J connectivity index is 2.93. The summed E-state index contributed by atoms with van der Waals surface area (Å²) in [6.45, 7) is 6.44. The molecule has 0 spiro atoms. The second kappa shape index (κ2) is 7.24. The summed E-state index contributed by atoms with van der Waals surface area (Å²) in [6.07, 6.45) is 1.85. The van der Waals surface area contributed by atoms with E-state index in [-0.39, 0.29) is 16.8 Å². The van der Waals surface area contributed by atoms with E-state index in [0.717, 1.165) is 11.8 Å². The van der Waals surface area contributed by atoms with Gasteiger partial charge in [0.25, 0.3) is 5.91 Å². The summed E-state index contributed by atoms with van der Waals surface area (Å²) >= 11 is 0. The molecule has 6 heteroatoms. The third kappa shape index (κ3) is 4.81. The van der Waals surface area contributed by atoms with E-state index in [1.165, 1.54) is 12.1 Å². The van der Waals surface area contributed by atoms with Gasteiger partial charge in [-0.2, -0.15) is 0 Å². The van der Waals surface area contributed by atoms with Crippen LogP contribution in [0.15, 0.2) is 23.1 Å². The van der Waals surface area contributed by atoms with Crippen LogP contribution in [0.4, 0.5) is 0 Å². The highest BCUT2D eigenvalue weighted by molar-refractivity contribution is 7.90. The van der Waals surface area contributed by atoms with Crippen molar-refractivity contribution < 1.29 is 13.2 Å². The van der Waals surface area contributed by atoms with Gasteiger partial charge in [-0.25, -0.2) is 8.42 Å². The van der Waals surface area contributed by atoms with Crippen molar-refractivity contribution in [3.63, 3.8) is 0 Å². The molecular weight excluding hydrogens is 300 g/mol. The monoisotopic (exact) mass is 326 g/mol. The van der Waals surface area contributed by atoms with Gasteiger partial charge in [-0.1, -0.05) is 19.9 Å². The van der Waals surface area contributed by atoms with Crippen LogP contribution in [0.2, 0.25) is 0 Å². The highest BCUT2D eigenvalue weighted by Crippen LogP contribution is 2.17. The number of aryl methyl sites for hydroxylation is 1. The minimum Gasteiger partial charge on any atom is -0.342 e. The first-order valence-corrected chi connectivity index (χ1v) is 9.25.